The van der Waals surface area contributed by atoms with E-state index in [2.05, 4.69) is 20.8 Å². The van der Waals surface area contributed by atoms with E-state index < -0.39 is 6.04 Å². The van der Waals surface area contributed by atoms with E-state index in [1.54, 1.807) is 19.1 Å². The maximum atomic E-state index is 13.3. The molecule has 1 fully saturated rings. The SMILES string of the molecule is Cc1nnnn1C(Cc1ccc(F)cc1)C(=O)NCc1cccc(CN2CCCC2=O)c1. The molecular weight excluding hydrogens is 411 g/mol. The average molecular weight is 436 g/mol. The van der Waals surface area contributed by atoms with Gasteiger partial charge < -0.3 is 10.2 Å². The summed E-state index contributed by atoms with van der Waals surface area (Å²) in [4.78, 5) is 26.8. The van der Waals surface area contributed by atoms with Crippen LogP contribution in [-0.2, 0) is 29.1 Å². The Kier molecular flexibility index (Phi) is 6.53. The molecule has 0 radical (unpaired) electrons. The van der Waals surface area contributed by atoms with E-state index in [1.165, 1.54) is 16.8 Å². The zero-order chi connectivity index (χ0) is 22.5. The van der Waals surface area contributed by atoms with Crippen molar-refractivity contribution in [2.24, 2.45) is 0 Å². The Balaban J connectivity index is 1.44. The van der Waals surface area contributed by atoms with E-state index in [9.17, 15) is 14.0 Å². The fourth-order valence-corrected chi connectivity index (χ4v) is 3.90. The standard InChI is InChI=1S/C23H25FN6O2/c1-16-26-27-28-30(16)21(13-17-7-9-20(24)10-8-17)23(32)25-14-18-4-2-5-19(12-18)15-29-11-3-6-22(29)31/h2,4-5,7-10,12,21H,3,6,11,13-15H2,1H3,(H,25,32). The molecule has 3 aromatic rings. The number of carbonyl (C=O) groups excluding carboxylic acids is 2. The lowest BCUT2D eigenvalue weighted by atomic mass is 10.0. The van der Waals surface area contributed by atoms with Gasteiger partial charge in [-0.3, -0.25) is 9.59 Å². The first kappa shape index (κ1) is 21.6. The van der Waals surface area contributed by atoms with Gasteiger partial charge in [-0.15, -0.1) is 5.10 Å². The third kappa shape index (κ3) is 5.16. The number of amides is 2. The van der Waals surface area contributed by atoms with Gasteiger partial charge in [0.2, 0.25) is 11.8 Å². The zero-order valence-corrected chi connectivity index (χ0v) is 17.9. The van der Waals surface area contributed by atoms with Gasteiger partial charge in [-0.25, -0.2) is 9.07 Å². The molecule has 2 amide bonds. The van der Waals surface area contributed by atoms with Crippen molar-refractivity contribution in [2.75, 3.05) is 6.54 Å². The Hall–Kier alpha value is -3.62. The fraction of sp³-hybridized carbons (Fsp3) is 0.348. The minimum Gasteiger partial charge on any atom is -0.350 e. The van der Waals surface area contributed by atoms with Gasteiger partial charge in [-0.2, -0.15) is 0 Å². The summed E-state index contributed by atoms with van der Waals surface area (Å²) in [7, 11) is 0. The molecule has 0 bridgehead atoms. The molecule has 0 saturated carbocycles. The molecule has 1 aliphatic heterocycles. The van der Waals surface area contributed by atoms with E-state index in [0.717, 1.165) is 29.7 Å². The van der Waals surface area contributed by atoms with Crippen LogP contribution in [0.25, 0.3) is 0 Å². The molecule has 1 aromatic heterocycles. The number of carbonyl (C=O) groups is 2. The molecule has 1 saturated heterocycles. The highest BCUT2D eigenvalue weighted by Crippen LogP contribution is 2.17. The maximum Gasteiger partial charge on any atom is 0.245 e. The van der Waals surface area contributed by atoms with Crippen LogP contribution < -0.4 is 5.32 Å². The molecule has 1 atom stereocenters. The van der Waals surface area contributed by atoms with E-state index in [1.807, 2.05) is 29.2 Å². The second kappa shape index (κ2) is 9.67. The third-order valence-corrected chi connectivity index (χ3v) is 5.60. The first-order valence-electron chi connectivity index (χ1n) is 10.6. The van der Waals surface area contributed by atoms with Gasteiger partial charge in [-0.05, 0) is 52.6 Å². The summed E-state index contributed by atoms with van der Waals surface area (Å²) in [6, 6.07) is 13.2. The lowest BCUT2D eigenvalue weighted by Gasteiger charge is -2.18. The Labute approximate surface area is 185 Å². The van der Waals surface area contributed by atoms with E-state index in [0.29, 0.717) is 31.8 Å². The van der Waals surface area contributed by atoms with Crippen molar-refractivity contribution in [1.29, 1.82) is 0 Å². The molecule has 1 aliphatic rings. The summed E-state index contributed by atoms with van der Waals surface area (Å²) in [6.45, 7) is 3.43. The highest BCUT2D eigenvalue weighted by Gasteiger charge is 2.24. The van der Waals surface area contributed by atoms with Crippen LogP contribution in [0.3, 0.4) is 0 Å². The van der Waals surface area contributed by atoms with Crippen LogP contribution in [0.1, 0.15) is 41.4 Å². The van der Waals surface area contributed by atoms with Gasteiger partial charge in [0.25, 0.3) is 0 Å². The average Bonchev–Trinajstić information content (AvgIpc) is 3.40. The van der Waals surface area contributed by atoms with Gasteiger partial charge in [0.05, 0.1) is 0 Å². The van der Waals surface area contributed by atoms with E-state index in [-0.39, 0.29) is 17.6 Å². The monoisotopic (exact) mass is 436 g/mol. The molecule has 1 N–H and O–H groups in total. The predicted molar refractivity (Wildman–Crippen MR) is 115 cm³/mol. The van der Waals surface area contributed by atoms with Crippen LogP contribution in [0.2, 0.25) is 0 Å². The van der Waals surface area contributed by atoms with Gasteiger partial charge in [0.1, 0.15) is 17.7 Å². The molecule has 8 nitrogen and oxygen atoms in total. The van der Waals surface area contributed by atoms with E-state index >= 15 is 0 Å². The molecule has 166 valence electrons. The van der Waals surface area contributed by atoms with Crippen LogP contribution in [0.15, 0.2) is 48.5 Å². The first-order valence-corrected chi connectivity index (χ1v) is 10.6. The second-order valence-electron chi connectivity index (χ2n) is 7.97. The van der Waals surface area contributed by atoms with Crippen LogP contribution in [0.4, 0.5) is 4.39 Å². The lowest BCUT2D eigenvalue weighted by molar-refractivity contribution is -0.128. The molecule has 9 heteroatoms. The van der Waals surface area contributed by atoms with Gasteiger partial charge in [0, 0.05) is 32.5 Å². The summed E-state index contributed by atoms with van der Waals surface area (Å²) in [5.74, 6) is 0.141. The molecule has 1 unspecified atom stereocenters. The van der Waals surface area contributed by atoms with Crippen molar-refractivity contribution in [1.82, 2.24) is 30.4 Å². The van der Waals surface area contributed by atoms with Crippen molar-refractivity contribution in [2.45, 2.75) is 45.3 Å². The largest absolute Gasteiger partial charge is 0.350 e. The van der Waals surface area contributed by atoms with Crippen LogP contribution in [0.5, 0.6) is 0 Å². The van der Waals surface area contributed by atoms with Crippen molar-refractivity contribution in [3.05, 3.63) is 76.9 Å². The smallest absolute Gasteiger partial charge is 0.245 e. The molecule has 4 rings (SSSR count). The molecule has 0 spiro atoms. The van der Waals surface area contributed by atoms with Crippen LogP contribution in [0, 0.1) is 12.7 Å². The van der Waals surface area contributed by atoms with E-state index in [4.69, 9.17) is 0 Å². The highest BCUT2D eigenvalue weighted by atomic mass is 19.1. The summed E-state index contributed by atoms with van der Waals surface area (Å²) < 4.78 is 14.8. The molecule has 2 aromatic carbocycles. The Morgan fingerprint density at radius 3 is 2.62 bits per heavy atom. The number of hydrogen-bond donors (Lipinski definition) is 1. The second-order valence-corrected chi connectivity index (χ2v) is 7.97. The summed E-state index contributed by atoms with van der Waals surface area (Å²) in [6.07, 6.45) is 1.84. The molecule has 0 aliphatic carbocycles. The Bertz CT molecular complexity index is 1100. The lowest BCUT2D eigenvalue weighted by Crippen LogP contribution is -2.34. The van der Waals surface area contributed by atoms with Crippen LogP contribution >= 0.6 is 0 Å². The Morgan fingerprint density at radius 1 is 1.16 bits per heavy atom. The summed E-state index contributed by atoms with van der Waals surface area (Å²) in [5, 5.41) is 14.5. The van der Waals surface area contributed by atoms with Crippen molar-refractivity contribution in [3.63, 3.8) is 0 Å². The first-order chi connectivity index (χ1) is 15.5. The number of nitrogens with one attached hydrogen (secondary N) is 1. The minimum absolute atomic E-state index is 0.184. The third-order valence-electron chi connectivity index (χ3n) is 5.60. The summed E-state index contributed by atoms with van der Waals surface area (Å²) >= 11 is 0. The van der Waals surface area contributed by atoms with Crippen molar-refractivity contribution < 1.29 is 14.0 Å². The van der Waals surface area contributed by atoms with Gasteiger partial charge in [-0.1, -0.05) is 36.4 Å². The number of hydrogen-bond acceptors (Lipinski definition) is 5. The van der Waals surface area contributed by atoms with Crippen molar-refractivity contribution in [3.8, 4) is 0 Å². The number of nitrogens with zero attached hydrogens (tertiary/aromatic N) is 5. The highest BCUT2D eigenvalue weighted by molar-refractivity contribution is 5.80. The number of halogens is 1. The number of rotatable bonds is 8. The molecular formula is C23H25FN6O2. The quantitative estimate of drug-likeness (QED) is 0.585. The fourth-order valence-electron chi connectivity index (χ4n) is 3.90. The zero-order valence-electron chi connectivity index (χ0n) is 17.9. The minimum atomic E-state index is -0.666. The van der Waals surface area contributed by atoms with Gasteiger partial charge in [0.15, 0.2) is 0 Å². The summed E-state index contributed by atoms with van der Waals surface area (Å²) in [5.41, 5.74) is 2.78. The normalized spacial score (nSPS) is 14.6. The Morgan fingerprint density at radius 2 is 1.94 bits per heavy atom. The molecule has 2 heterocycles. The van der Waals surface area contributed by atoms with Crippen molar-refractivity contribution >= 4 is 11.8 Å². The number of tetrazole rings is 1. The topological polar surface area (TPSA) is 93.0 Å². The van der Waals surface area contributed by atoms with Crippen LogP contribution in [-0.4, -0.2) is 43.5 Å². The number of aryl methyl sites for hydroxylation is 1. The van der Waals surface area contributed by atoms with Gasteiger partial charge >= 0.3 is 0 Å². The number of likely N-dealkylation sites (tertiary alicyclic amines) is 1. The predicted octanol–water partition coefficient (Wildman–Crippen LogP) is 2.34. The molecule has 32 heavy (non-hydrogen) atoms. The number of benzene rings is 2. The number of aromatic nitrogens is 4. The maximum absolute atomic E-state index is 13.3.